The molecule has 0 saturated carbocycles. The van der Waals surface area contributed by atoms with Crippen molar-refractivity contribution in [1.82, 2.24) is 5.32 Å². The van der Waals surface area contributed by atoms with Crippen LogP contribution in [-0.4, -0.2) is 31.7 Å². The molecule has 4 nitrogen and oxygen atoms in total. The Hall–Kier alpha value is -0.660. The lowest BCUT2D eigenvalue weighted by Crippen LogP contribution is -2.48. The number of carbonyl (C=O) groups is 1. The van der Waals surface area contributed by atoms with Crippen molar-refractivity contribution in [1.29, 1.82) is 0 Å². The van der Waals surface area contributed by atoms with E-state index in [4.69, 9.17) is 4.74 Å². The summed E-state index contributed by atoms with van der Waals surface area (Å²) in [6.07, 6.45) is 0. The molecule has 0 radical (unpaired) electrons. The second-order valence-electron chi connectivity index (χ2n) is 3.55. The van der Waals surface area contributed by atoms with Gasteiger partial charge in [-0.3, -0.25) is 4.79 Å². The molecule has 5 heteroatoms. The number of carbonyl (C=O) groups excluding carboxylic acids is 1. The molecule has 1 atom stereocenters. The fourth-order valence-corrected chi connectivity index (χ4v) is 2.04. The first-order valence-electron chi connectivity index (χ1n) is 5.14. The molecule has 1 aliphatic heterocycles. The van der Waals surface area contributed by atoms with E-state index in [2.05, 4.69) is 33.2 Å². The summed E-state index contributed by atoms with van der Waals surface area (Å²) < 4.78 is 6.28. The van der Waals surface area contributed by atoms with Crippen LogP contribution in [-0.2, 0) is 9.53 Å². The monoisotopic (exact) mass is 332 g/mol. The molecule has 0 aromatic heterocycles. The number of morpholine rings is 1. The molecule has 0 bridgehead atoms. The van der Waals surface area contributed by atoms with Crippen LogP contribution in [0.5, 0.6) is 0 Å². The van der Waals surface area contributed by atoms with Crippen molar-refractivity contribution in [3.05, 3.63) is 27.8 Å². The fraction of sp³-hybridized carbons (Fsp3) is 0.364. The molecule has 16 heavy (non-hydrogen) atoms. The van der Waals surface area contributed by atoms with Crippen LogP contribution in [0.1, 0.15) is 0 Å². The summed E-state index contributed by atoms with van der Waals surface area (Å²) in [5.74, 6) is -0.0381. The highest BCUT2D eigenvalue weighted by molar-refractivity contribution is 14.1. The summed E-state index contributed by atoms with van der Waals surface area (Å²) in [5, 5.41) is 6.01. The number of rotatable bonds is 2. The average Bonchev–Trinajstić information content (AvgIpc) is 2.33. The number of benzene rings is 1. The number of hydrogen-bond donors (Lipinski definition) is 2. The van der Waals surface area contributed by atoms with Crippen LogP contribution in [0.4, 0.5) is 5.69 Å². The Morgan fingerprint density at radius 2 is 2.31 bits per heavy atom. The van der Waals surface area contributed by atoms with Gasteiger partial charge >= 0.3 is 0 Å². The first-order valence-corrected chi connectivity index (χ1v) is 6.22. The third-order valence-electron chi connectivity index (χ3n) is 2.37. The van der Waals surface area contributed by atoms with E-state index in [1.165, 1.54) is 0 Å². The molecule has 1 aliphatic rings. The van der Waals surface area contributed by atoms with Crippen molar-refractivity contribution in [3.8, 4) is 0 Å². The van der Waals surface area contributed by atoms with Gasteiger partial charge in [0.05, 0.1) is 18.9 Å². The minimum absolute atomic E-state index is 0.0381. The van der Waals surface area contributed by atoms with Gasteiger partial charge in [-0.05, 0) is 34.7 Å². The molecule has 86 valence electrons. The van der Waals surface area contributed by atoms with Gasteiger partial charge in [0, 0.05) is 10.1 Å². The molecule has 0 spiro atoms. The van der Waals surface area contributed by atoms with Crippen LogP contribution in [0.15, 0.2) is 24.3 Å². The zero-order valence-electron chi connectivity index (χ0n) is 8.70. The van der Waals surface area contributed by atoms with Crippen LogP contribution >= 0.6 is 22.6 Å². The van der Waals surface area contributed by atoms with Crippen molar-refractivity contribution < 1.29 is 9.53 Å². The molecular weight excluding hydrogens is 319 g/mol. The molecule has 2 N–H and O–H groups in total. The Bertz CT molecular complexity index is 378. The highest BCUT2D eigenvalue weighted by Crippen LogP contribution is 2.17. The molecule has 1 aromatic carbocycles. The fourth-order valence-electron chi connectivity index (χ4n) is 1.52. The van der Waals surface area contributed by atoms with Gasteiger partial charge in [-0.25, -0.2) is 0 Å². The first kappa shape index (κ1) is 11.8. The zero-order chi connectivity index (χ0) is 11.4. The second-order valence-corrected chi connectivity index (χ2v) is 4.71. The third kappa shape index (κ3) is 2.93. The largest absolute Gasteiger partial charge is 0.378 e. The lowest BCUT2D eigenvalue weighted by Gasteiger charge is -2.23. The maximum absolute atomic E-state index is 11.9. The van der Waals surface area contributed by atoms with E-state index < -0.39 is 0 Å². The standard InChI is InChI=1S/C11H13IN2O2/c12-8-3-1-2-4-9(8)14-11(15)10-7-16-6-5-13-10/h1-4,10,13H,5-7H2,(H,14,15). The maximum Gasteiger partial charge on any atom is 0.243 e. The molecule has 1 heterocycles. The van der Waals surface area contributed by atoms with Gasteiger partial charge in [0.1, 0.15) is 6.04 Å². The highest BCUT2D eigenvalue weighted by Gasteiger charge is 2.21. The maximum atomic E-state index is 11.9. The van der Waals surface area contributed by atoms with Crippen molar-refractivity contribution in [2.75, 3.05) is 25.1 Å². The number of ether oxygens (including phenoxy) is 1. The van der Waals surface area contributed by atoms with E-state index in [-0.39, 0.29) is 11.9 Å². The lowest BCUT2D eigenvalue weighted by molar-refractivity contribution is -0.120. The lowest BCUT2D eigenvalue weighted by atomic mass is 10.2. The third-order valence-corrected chi connectivity index (χ3v) is 3.31. The van der Waals surface area contributed by atoms with Gasteiger partial charge in [0.25, 0.3) is 0 Å². The normalized spacial score (nSPS) is 20.4. The highest BCUT2D eigenvalue weighted by atomic mass is 127. The second kappa shape index (κ2) is 5.60. The van der Waals surface area contributed by atoms with Crippen LogP contribution in [0, 0.1) is 3.57 Å². The quantitative estimate of drug-likeness (QED) is 0.801. The van der Waals surface area contributed by atoms with E-state index in [1.54, 1.807) is 0 Å². The average molecular weight is 332 g/mol. The number of halogens is 1. The number of amides is 1. The summed E-state index contributed by atoms with van der Waals surface area (Å²) in [6, 6.07) is 7.46. The minimum Gasteiger partial charge on any atom is -0.378 e. The Morgan fingerprint density at radius 3 is 3.00 bits per heavy atom. The Kier molecular flexibility index (Phi) is 4.14. The van der Waals surface area contributed by atoms with E-state index in [0.29, 0.717) is 13.2 Å². The first-order chi connectivity index (χ1) is 7.77. The van der Waals surface area contributed by atoms with Gasteiger partial charge in [0.15, 0.2) is 0 Å². The summed E-state index contributed by atoms with van der Waals surface area (Å²) >= 11 is 2.20. The van der Waals surface area contributed by atoms with Gasteiger partial charge in [0.2, 0.25) is 5.91 Å². The van der Waals surface area contributed by atoms with Crippen molar-refractivity contribution in [3.63, 3.8) is 0 Å². The van der Waals surface area contributed by atoms with Crippen LogP contribution in [0.3, 0.4) is 0 Å². The van der Waals surface area contributed by atoms with Crippen molar-refractivity contribution in [2.24, 2.45) is 0 Å². The summed E-state index contributed by atoms with van der Waals surface area (Å²) in [5.41, 5.74) is 0.848. The number of hydrogen-bond acceptors (Lipinski definition) is 3. The predicted octanol–water partition coefficient (Wildman–Crippen LogP) is 1.22. The van der Waals surface area contributed by atoms with Crippen molar-refractivity contribution >= 4 is 34.2 Å². The SMILES string of the molecule is O=C(Nc1ccccc1I)C1COCCN1. The Labute approximate surface area is 108 Å². The van der Waals surface area contributed by atoms with Gasteiger partial charge in [-0.2, -0.15) is 0 Å². The van der Waals surface area contributed by atoms with Crippen LogP contribution in [0.25, 0.3) is 0 Å². The van der Waals surface area contributed by atoms with Crippen LogP contribution in [0.2, 0.25) is 0 Å². The Balaban J connectivity index is 1.99. The van der Waals surface area contributed by atoms with Crippen molar-refractivity contribution in [2.45, 2.75) is 6.04 Å². The molecule has 1 amide bonds. The number of para-hydroxylation sites is 1. The molecular formula is C11H13IN2O2. The number of anilines is 1. The molecule has 1 aromatic rings. The Morgan fingerprint density at radius 1 is 1.50 bits per heavy atom. The molecule has 0 aliphatic carbocycles. The summed E-state index contributed by atoms with van der Waals surface area (Å²) in [6.45, 7) is 1.84. The summed E-state index contributed by atoms with van der Waals surface area (Å²) in [4.78, 5) is 11.9. The van der Waals surface area contributed by atoms with Gasteiger partial charge < -0.3 is 15.4 Å². The molecule has 2 rings (SSSR count). The predicted molar refractivity (Wildman–Crippen MR) is 70.4 cm³/mol. The molecule has 1 unspecified atom stereocenters. The van der Waals surface area contributed by atoms with E-state index in [1.807, 2.05) is 24.3 Å². The zero-order valence-corrected chi connectivity index (χ0v) is 10.9. The van der Waals surface area contributed by atoms with E-state index in [0.717, 1.165) is 15.8 Å². The topological polar surface area (TPSA) is 50.4 Å². The number of nitrogens with one attached hydrogen (secondary N) is 2. The smallest absolute Gasteiger partial charge is 0.243 e. The van der Waals surface area contributed by atoms with Crippen LogP contribution < -0.4 is 10.6 Å². The van der Waals surface area contributed by atoms with E-state index >= 15 is 0 Å². The van der Waals surface area contributed by atoms with Gasteiger partial charge in [-0.1, -0.05) is 12.1 Å². The minimum atomic E-state index is -0.246. The van der Waals surface area contributed by atoms with Gasteiger partial charge in [-0.15, -0.1) is 0 Å². The summed E-state index contributed by atoms with van der Waals surface area (Å²) in [7, 11) is 0. The molecule has 1 fully saturated rings. The van der Waals surface area contributed by atoms with E-state index in [9.17, 15) is 4.79 Å². The molecule has 1 saturated heterocycles.